The number of fused-ring (bicyclic) bond motifs is 3. The van der Waals surface area contributed by atoms with Crippen molar-refractivity contribution in [1.29, 1.82) is 0 Å². The lowest BCUT2D eigenvalue weighted by Gasteiger charge is -2.33. The molecule has 4 aromatic heterocycles. The second kappa shape index (κ2) is 10.1. The molecule has 0 amide bonds. The molecule has 8 rings (SSSR count). The molecule has 2 saturated carbocycles. The van der Waals surface area contributed by atoms with E-state index in [4.69, 9.17) is 34.5 Å². The zero-order chi connectivity index (χ0) is 33.3. The van der Waals surface area contributed by atoms with Gasteiger partial charge in [0, 0.05) is 12.5 Å². The number of hydrogen-bond acceptors (Lipinski definition) is 15. The normalized spacial score (nSPS) is 41.8. The lowest BCUT2D eigenvalue weighted by atomic mass is 10.0. The van der Waals surface area contributed by atoms with Crippen molar-refractivity contribution >= 4 is 49.5 Å². The minimum Gasteiger partial charge on any atom is -0.382 e. The molecule has 6 heterocycles. The molecule has 4 aromatic rings. The molecule has 2 aliphatic carbocycles. The number of hydrogen-bond donors (Lipinski definition) is 5. The number of methoxy groups -OCH3 is 1. The molecule has 2 saturated heterocycles. The van der Waals surface area contributed by atoms with Gasteiger partial charge >= 0.3 is 15.4 Å². The summed E-state index contributed by atoms with van der Waals surface area (Å²) in [5.41, 5.74) is 6.73. The summed E-state index contributed by atoms with van der Waals surface area (Å²) < 4.78 is 75.4. The molecular formula is C24H29FN10O10P2. The summed E-state index contributed by atoms with van der Waals surface area (Å²) in [4.78, 5) is 57.8. The van der Waals surface area contributed by atoms with Crippen LogP contribution in [0.2, 0.25) is 0 Å². The molecule has 3 unspecified atom stereocenters. The number of alkyl halides is 1. The van der Waals surface area contributed by atoms with E-state index in [0.29, 0.717) is 0 Å². The fourth-order valence-electron chi connectivity index (χ4n) is 7.54. The first-order valence-electron chi connectivity index (χ1n) is 14.3. The third kappa shape index (κ3) is 4.45. The van der Waals surface area contributed by atoms with Crippen molar-refractivity contribution < 1.29 is 46.4 Å². The third-order valence-electron chi connectivity index (χ3n) is 9.72. The number of anilines is 2. The number of phosphoric ester groups is 1. The lowest BCUT2D eigenvalue weighted by molar-refractivity contribution is -0.103. The number of aromatic amines is 1. The van der Waals surface area contributed by atoms with E-state index in [-0.39, 0.29) is 40.5 Å². The average Bonchev–Trinajstić information content (AvgIpc) is 3.29. The number of rotatable bonds is 3. The molecule has 4 fully saturated rings. The van der Waals surface area contributed by atoms with Gasteiger partial charge in [-0.15, -0.1) is 0 Å². The van der Waals surface area contributed by atoms with Gasteiger partial charge in [-0.3, -0.25) is 28.0 Å². The van der Waals surface area contributed by atoms with Crippen molar-refractivity contribution in [3.05, 3.63) is 29.3 Å². The largest absolute Gasteiger partial charge is 0.472 e. The molecular weight excluding hydrogens is 669 g/mol. The number of aromatic nitrogens is 8. The Labute approximate surface area is 262 Å². The van der Waals surface area contributed by atoms with Crippen molar-refractivity contribution in [2.75, 3.05) is 31.8 Å². The van der Waals surface area contributed by atoms with E-state index in [1.807, 2.05) is 0 Å². The molecule has 4 aliphatic rings. The predicted octanol–water partition coefficient (Wildman–Crippen LogP) is 0.412. The Morgan fingerprint density at radius 3 is 2.60 bits per heavy atom. The Kier molecular flexibility index (Phi) is 6.62. The van der Waals surface area contributed by atoms with Crippen molar-refractivity contribution in [1.82, 2.24) is 39.0 Å². The Balaban J connectivity index is 1.17. The minimum absolute atomic E-state index is 0.0132. The van der Waals surface area contributed by atoms with Crippen molar-refractivity contribution in [2.45, 2.75) is 55.3 Å². The summed E-state index contributed by atoms with van der Waals surface area (Å²) in [7, 11) is -8.61. The lowest BCUT2D eigenvalue weighted by Crippen LogP contribution is -2.45. The molecule has 20 nitrogen and oxygen atoms in total. The summed E-state index contributed by atoms with van der Waals surface area (Å²) in [6.07, 6.45) is -2.06. The maximum atomic E-state index is 16.4. The topological polar surface area (TPSA) is 280 Å². The highest BCUT2D eigenvalue weighted by atomic mass is 31.2. The van der Waals surface area contributed by atoms with Crippen LogP contribution in [-0.2, 0) is 32.2 Å². The Morgan fingerprint density at radius 1 is 1.09 bits per heavy atom. The molecule has 2 aliphatic heterocycles. The van der Waals surface area contributed by atoms with Gasteiger partial charge in [-0.2, -0.15) is 4.98 Å². The van der Waals surface area contributed by atoms with Crippen molar-refractivity contribution in [2.24, 2.45) is 11.3 Å². The molecule has 0 aromatic carbocycles. The van der Waals surface area contributed by atoms with Crippen LogP contribution in [0, 0.1) is 11.3 Å². The molecule has 1 spiro atoms. The van der Waals surface area contributed by atoms with Crippen LogP contribution in [-0.4, -0.2) is 98.8 Å². The number of nitrogens with zero attached hydrogens (tertiary/aromatic N) is 7. The summed E-state index contributed by atoms with van der Waals surface area (Å²) >= 11 is 0. The Hall–Kier alpha value is -3.39. The maximum absolute atomic E-state index is 16.4. The summed E-state index contributed by atoms with van der Waals surface area (Å²) in [5, 5.41) is 0. The standard InChI is InChI=1S/C24H29FN10O10P2/c1-23-4-43-47(39,40)45-15-10(25)13(34-7-30-11-17(26)28-6-29-18(11)34)9-3-24(9,15)5-42-46(37,38)16(23)14(41-2)21(44-23)35-8-31-12-19(35)32-22(27)33-20(12)36/h6-10,13-16,21H,3-5H2,1-2H3,(H,37,38)(H,39,40)(H2,26,28,29)(H3,27,32,33,36)/t9-,10+,13-,14-,15+,16+,21-,23-,24?/m1/s1. The van der Waals surface area contributed by atoms with Crippen LogP contribution >= 0.6 is 15.4 Å². The fraction of sp³-hybridized carbons (Fsp3) is 0.583. The number of phosphoric acid groups is 1. The molecule has 0 radical (unpaired) electrons. The fourth-order valence-corrected chi connectivity index (χ4v) is 10.7. The zero-order valence-corrected chi connectivity index (χ0v) is 26.4. The van der Waals surface area contributed by atoms with E-state index in [9.17, 15) is 23.7 Å². The van der Waals surface area contributed by atoms with Crippen LogP contribution in [0.5, 0.6) is 0 Å². The highest BCUT2D eigenvalue weighted by Gasteiger charge is 2.75. The Bertz CT molecular complexity index is 2100. The van der Waals surface area contributed by atoms with Crippen molar-refractivity contribution in [3.8, 4) is 0 Å². The quantitative estimate of drug-likeness (QED) is 0.181. The number of ether oxygens (including phenoxy) is 2. The van der Waals surface area contributed by atoms with Gasteiger partial charge in [0.25, 0.3) is 5.56 Å². The first-order valence-corrected chi connectivity index (χ1v) is 17.5. The number of halogens is 1. The van der Waals surface area contributed by atoms with Gasteiger partial charge in [-0.1, -0.05) is 0 Å². The van der Waals surface area contributed by atoms with Gasteiger partial charge in [0.1, 0.15) is 41.5 Å². The molecule has 252 valence electrons. The number of nitrogens with one attached hydrogen (secondary N) is 1. The van der Waals surface area contributed by atoms with Crippen LogP contribution < -0.4 is 17.0 Å². The number of imidazole rings is 2. The third-order valence-corrected chi connectivity index (χ3v) is 12.7. The van der Waals surface area contributed by atoms with E-state index < -0.39 is 87.4 Å². The van der Waals surface area contributed by atoms with Crippen molar-refractivity contribution in [3.63, 3.8) is 0 Å². The van der Waals surface area contributed by atoms with Crippen LogP contribution in [0.1, 0.15) is 25.6 Å². The molecule has 11 atom stereocenters. The van der Waals surface area contributed by atoms with Crippen LogP contribution in [0.15, 0.2) is 23.8 Å². The molecule has 0 bridgehead atoms. The number of H-pyrrole nitrogens is 1. The zero-order valence-electron chi connectivity index (χ0n) is 24.6. The highest BCUT2D eigenvalue weighted by molar-refractivity contribution is 7.53. The number of nitrogens with two attached hydrogens (primary N) is 2. The minimum atomic E-state index is -5.05. The van der Waals surface area contributed by atoms with Crippen LogP contribution in [0.25, 0.3) is 22.3 Å². The van der Waals surface area contributed by atoms with Gasteiger partial charge in [-0.05, 0) is 19.3 Å². The first-order chi connectivity index (χ1) is 22.2. The van der Waals surface area contributed by atoms with E-state index in [0.717, 1.165) is 0 Å². The van der Waals surface area contributed by atoms with Gasteiger partial charge in [0.15, 0.2) is 28.9 Å². The monoisotopic (exact) mass is 698 g/mol. The van der Waals surface area contributed by atoms with E-state index in [2.05, 4.69) is 29.9 Å². The molecule has 47 heavy (non-hydrogen) atoms. The maximum Gasteiger partial charge on any atom is 0.472 e. The Morgan fingerprint density at radius 2 is 1.83 bits per heavy atom. The smallest absolute Gasteiger partial charge is 0.382 e. The predicted molar refractivity (Wildman–Crippen MR) is 156 cm³/mol. The van der Waals surface area contributed by atoms with E-state index in [1.165, 1.54) is 42.1 Å². The summed E-state index contributed by atoms with van der Waals surface area (Å²) in [6, 6.07) is -1.00. The van der Waals surface area contributed by atoms with Gasteiger partial charge in [0.2, 0.25) is 5.95 Å². The highest BCUT2D eigenvalue weighted by Crippen LogP contribution is 2.73. The molecule has 7 N–H and O–H groups in total. The van der Waals surface area contributed by atoms with Crippen LogP contribution in [0.3, 0.4) is 0 Å². The molecule has 23 heteroatoms. The first kappa shape index (κ1) is 30.9. The number of nitrogen functional groups attached to an aromatic ring is 2. The van der Waals surface area contributed by atoms with E-state index in [1.54, 1.807) is 0 Å². The second-order valence-corrected chi connectivity index (χ2v) is 15.8. The van der Waals surface area contributed by atoms with Gasteiger partial charge in [0.05, 0.1) is 31.9 Å². The van der Waals surface area contributed by atoms with E-state index >= 15 is 4.39 Å². The average molecular weight is 699 g/mol. The second-order valence-electron chi connectivity index (χ2n) is 12.4. The summed E-state index contributed by atoms with van der Waals surface area (Å²) in [6.45, 7) is 0.0581. The van der Waals surface area contributed by atoms with Gasteiger partial charge < -0.3 is 39.8 Å². The van der Waals surface area contributed by atoms with Crippen LogP contribution in [0.4, 0.5) is 16.2 Å². The summed E-state index contributed by atoms with van der Waals surface area (Å²) in [5.74, 6) is -0.718. The SMILES string of the molecule is CO[C@H]1[C@H](n2cnc3c(=O)[nH]c(N)nc32)O[C@]2(C)COP(=O)(O)O[C@H]3[C@@H](F)[C@H](n4cnc5c(N)ncnc54)[C@H]4CC43COP(=O)(O)[C@@H]12. The van der Waals surface area contributed by atoms with Gasteiger partial charge in [-0.25, -0.2) is 28.9 Å².